The Bertz CT molecular complexity index is 1050. The van der Waals surface area contributed by atoms with Gasteiger partial charge >= 0.3 is 0 Å². The van der Waals surface area contributed by atoms with Crippen molar-refractivity contribution in [2.75, 3.05) is 10.2 Å². The number of thiophene rings is 1. The Morgan fingerprint density at radius 2 is 1.96 bits per heavy atom. The van der Waals surface area contributed by atoms with Crippen LogP contribution in [0.1, 0.15) is 17.3 Å². The molecule has 2 heterocycles. The molecule has 8 heteroatoms. The van der Waals surface area contributed by atoms with Crippen molar-refractivity contribution in [2.45, 2.75) is 12.6 Å². The summed E-state index contributed by atoms with van der Waals surface area (Å²) in [6, 6.07) is 12.1. The highest BCUT2D eigenvalue weighted by molar-refractivity contribution is 7.14. The zero-order chi connectivity index (χ0) is 19.7. The van der Waals surface area contributed by atoms with Gasteiger partial charge in [-0.25, -0.2) is 13.8 Å². The van der Waals surface area contributed by atoms with E-state index < -0.39 is 17.5 Å². The molecule has 4 rings (SSSR count). The summed E-state index contributed by atoms with van der Waals surface area (Å²) in [5.41, 5.74) is 8.64. The van der Waals surface area contributed by atoms with Crippen molar-refractivity contribution in [3.8, 4) is 0 Å². The van der Waals surface area contributed by atoms with Crippen LogP contribution in [0.5, 0.6) is 0 Å². The maximum Gasteiger partial charge on any atom is 0.228 e. The highest BCUT2D eigenvalue weighted by Crippen LogP contribution is 2.36. The molecule has 1 unspecified atom stereocenters. The van der Waals surface area contributed by atoms with Gasteiger partial charge in [0.05, 0.1) is 12.8 Å². The summed E-state index contributed by atoms with van der Waals surface area (Å²) in [5.74, 6) is -1.63. The Hall–Kier alpha value is -3.10. The summed E-state index contributed by atoms with van der Waals surface area (Å²) in [5, 5.41) is 5.53. The van der Waals surface area contributed by atoms with E-state index in [0.29, 0.717) is 5.69 Å². The summed E-state index contributed by atoms with van der Waals surface area (Å²) in [6.45, 7) is 0. The molecule has 1 aromatic heterocycles. The Morgan fingerprint density at radius 3 is 2.75 bits per heavy atom. The van der Waals surface area contributed by atoms with E-state index in [-0.39, 0.29) is 18.2 Å². The van der Waals surface area contributed by atoms with Gasteiger partial charge in [0.2, 0.25) is 5.91 Å². The molecule has 0 saturated carbocycles. The first-order valence-electron chi connectivity index (χ1n) is 8.50. The highest BCUT2D eigenvalue weighted by Gasteiger charge is 2.23. The van der Waals surface area contributed by atoms with E-state index in [0.717, 1.165) is 34.5 Å². The van der Waals surface area contributed by atoms with Crippen molar-refractivity contribution in [3.63, 3.8) is 0 Å². The third-order valence-electron chi connectivity index (χ3n) is 4.40. The van der Waals surface area contributed by atoms with E-state index in [9.17, 15) is 13.6 Å². The van der Waals surface area contributed by atoms with Crippen LogP contribution < -0.4 is 16.0 Å². The minimum absolute atomic E-state index is 0.0104. The largest absolute Gasteiger partial charge is 0.326 e. The average Bonchev–Trinajstić information content (AvgIpc) is 3.16. The molecule has 0 bridgehead atoms. The quantitative estimate of drug-likeness (QED) is 0.687. The number of hydrogen-bond donors (Lipinski definition) is 2. The zero-order valence-electron chi connectivity index (χ0n) is 14.6. The van der Waals surface area contributed by atoms with Crippen LogP contribution in [-0.2, 0) is 11.2 Å². The third-order valence-corrected chi connectivity index (χ3v) is 5.24. The number of fused-ring (bicyclic) bond motifs is 1. The number of halogens is 2. The van der Waals surface area contributed by atoms with Crippen molar-refractivity contribution in [1.29, 1.82) is 0 Å². The first-order valence-corrected chi connectivity index (χ1v) is 9.38. The standard InChI is InChI=1S/C20H16F2N4OS/c21-13-1-6-17(22)12(9-13)10-18(27)25-14-2-4-15(5-3-14)26-11-24-20-16(19(26)23)7-8-28-20/h1-9,11,19H,10,23H2,(H,25,27). The van der Waals surface area contributed by atoms with E-state index in [1.54, 1.807) is 18.5 Å². The van der Waals surface area contributed by atoms with Gasteiger partial charge in [0.15, 0.2) is 0 Å². The van der Waals surface area contributed by atoms with Gasteiger partial charge in [-0.15, -0.1) is 11.3 Å². The van der Waals surface area contributed by atoms with E-state index in [1.165, 1.54) is 11.3 Å². The van der Waals surface area contributed by atoms with Crippen LogP contribution >= 0.6 is 11.3 Å². The van der Waals surface area contributed by atoms with Gasteiger partial charge in [-0.05, 0) is 53.9 Å². The summed E-state index contributed by atoms with van der Waals surface area (Å²) in [4.78, 5) is 18.4. The fraction of sp³-hybridized carbons (Fsp3) is 0.100. The van der Waals surface area contributed by atoms with Crippen LogP contribution in [0.25, 0.3) is 0 Å². The number of carbonyl (C=O) groups is 1. The van der Waals surface area contributed by atoms with Crippen molar-refractivity contribution < 1.29 is 13.6 Å². The molecule has 2 aromatic carbocycles. The summed E-state index contributed by atoms with van der Waals surface area (Å²) < 4.78 is 26.9. The second kappa shape index (κ2) is 7.49. The van der Waals surface area contributed by atoms with E-state index >= 15 is 0 Å². The number of nitrogens with one attached hydrogen (secondary N) is 1. The number of rotatable bonds is 4. The van der Waals surface area contributed by atoms with Crippen LogP contribution in [-0.4, -0.2) is 12.2 Å². The molecule has 0 saturated heterocycles. The molecule has 1 atom stereocenters. The van der Waals surface area contributed by atoms with Gasteiger partial charge in [0.25, 0.3) is 0 Å². The molecule has 142 valence electrons. The monoisotopic (exact) mass is 398 g/mol. The number of amides is 1. The third kappa shape index (κ3) is 3.64. The van der Waals surface area contributed by atoms with Crippen molar-refractivity contribution in [1.82, 2.24) is 0 Å². The van der Waals surface area contributed by atoms with Gasteiger partial charge < -0.3 is 16.0 Å². The lowest BCUT2D eigenvalue weighted by molar-refractivity contribution is -0.115. The Kier molecular flexibility index (Phi) is 4.89. The van der Waals surface area contributed by atoms with Crippen molar-refractivity contribution >= 4 is 40.0 Å². The summed E-state index contributed by atoms with van der Waals surface area (Å²) in [7, 11) is 0. The van der Waals surface area contributed by atoms with E-state index in [2.05, 4.69) is 10.3 Å². The van der Waals surface area contributed by atoms with Gasteiger partial charge in [0.1, 0.15) is 22.8 Å². The fourth-order valence-electron chi connectivity index (χ4n) is 2.98. The lowest BCUT2D eigenvalue weighted by Gasteiger charge is -2.29. The van der Waals surface area contributed by atoms with Crippen LogP contribution in [0, 0.1) is 11.6 Å². The number of nitrogens with zero attached hydrogens (tertiary/aromatic N) is 2. The van der Waals surface area contributed by atoms with Gasteiger partial charge in [-0.2, -0.15) is 0 Å². The molecule has 1 amide bonds. The maximum atomic E-state index is 13.7. The van der Waals surface area contributed by atoms with E-state index in [4.69, 9.17) is 5.73 Å². The molecule has 0 radical (unpaired) electrons. The molecule has 1 aliphatic heterocycles. The van der Waals surface area contributed by atoms with Crippen LogP contribution in [0.2, 0.25) is 0 Å². The number of benzene rings is 2. The predicted octanol–water partition coefficient (Wildman–Crippen LogP) is 4.34. The molecule has 3 N–H and O–H groups in total. The molecule has 28 heavy (non-hydrogen) atoms. The average molecular weight is 398 g/mol. The normalized spacial score (nSPS) is 15.4. The fourth-order valence-corrected chi connectivity index (χ4v) is 3.75. The Labute approximate surface area is 164 Å². The minimum atomic E-state index is -0.613. The van der Waals surface area contributed by atoms with Crippen LogP contribution in [0.15, 0.2) is 58.9 Å². The topological polar surface area (TPSA) is 70.7 Å². The van der Waals surface area contributed by atoms with Crippen LogP contribution in [0.3, 0.4) is 0 Å². The minimum Gasteiger partial charge on any atom is -0.326 e. The molecule has 0 fully saturated rings. The zero-order valence-corrected chi connectivity index (χ0v) is 15.4. The first-order chi connectivity index (χ1) is 13.5. The number of aliphatic imine (C=N–C) groups is 1. The van der Waals surface area contributed by atoms with Crippen LogP contribution in [0.4, 0.5) is 25.2 Å². The van der Waals surface area contributed by atoms with Gasteiger partial charge in [-0.3, -0.25) is 4.79 Å². The van der Waals surface area contributed by atoms with Gasteiger partial charge in [0, 0.05) is 22.5 Å². The molecular weight excluding hydrogens is 382 g/mol. The molecule has 1 aliphatic rings. The van der Waals surface area contributed by atoms with Crippen molar-refractivity contribution in [2.24, 2.45) is 10.7 Å². The number of hydrogen-bond acceptors (Lipinski definition) is 5. The first kappa shape index (κ1) is 18.3. The molecule has 0 spiro atoms. The number of anilines is 2. The smallest absolute Gasteiger partial charge is 0.228 e. The second-order valence-electron chi connectivity index (χ2n) is 6.29. The Balaban J connectivity index is 1.44. The molecule has 5 nitrogen and oxygen atoms in total. The molecular formula is C20H16F2N4OS. The molecule has 3 aromatic rings. The summed E-state index contributed by atoms with van der Waals surface area (Å²) >= 11 is 1.54. The van der Waals surface area contributed by atoms with Crippen molar-refractivity contribution in [3.05, 3.63) is 76.7 Å². The number of nitrogens with two attached hydrogens (primary N) is 1. The Morgan fingerprint density at radius 1 is 1.18 bits per heavy atom. The van der Waals surface area contributed by atoms with Gasteiger partial charge in [-0.1, -0.05) is 0 Å². The van der Waals surface area contributed by atoms with E-state index in [1.807, 2.05) is 28.5 Å². The lowest BCUT2D eigenvalue weighted by atomic mass is 10.1. The maximum absolute atomic E-state index is 13.7. The number of carbonyl (C=O) groups excluding carboxylic acids is 1. The molecule has 0 aliphatic carbocycles. The summed E-state index contributed by atoms with van der Waals surface area (Å²) in [6.07, 6.45) is 1.09. The SMILES string of the molecule is NC1c2ccsc2N=CN1c1ccc(NC(=O)Cc2cc(F)ccc2F)cc1. The predicted molar refractivity (Wildman–Crippen MR) is 107 cm³/mol. The second-order valence-corrected chi connectivity index (χ2v) is 7.18. The highest BCUT2D eigenvalue weighted by atomic mass is 32.1. The lowest BCUT2D eigenvalue weighted by Crippen LogP contribution is -2.35.